The highest BCUT2D eigenvalue weighted by molar-refractivity contribution is 6.30. The number of hydrogen-bond donors (Lipinski definition) is 2. The maximum atomic E-state index is 12.3. The van der Waals surface area contributed by atoms with E-state index in [9.17, 15) is 14.9 Å². The molecular weight excluding hydrogens is 430 g/mol. The molecule has 0 saturated carbocycles. The number of hydrogen-bond acceptors (Lipinski definition) is 5. The Labute approximate surface area is 192 Å². The highest BCUT2D eigenvalue weighted by Gasteiger charge is 2.16. The van der Waals surface area contributed by atoms with Crippen molar-refractivity contribution in [1.82, 2.24) is 10.6 Å². The van der Waals surface area contributed by atoms with Gasteiger partial charge in [-0.15, -0.1) is 0 Å². The van der Waals surface area contributed by atoms with E-state index >= 15 is 0 Å². The molecule has 3 rings (SSSR count). The number of carbonyl (C=O) groups is 2. The van der Waals surface area contributed by atoms with Gasteiger partial charge in [0.15, 0.2) is 6.61 Å². The summed E-state index contributed by atoms with van der Waals surface area (Å²) >= 11 is 5.85. The fourth-order valence-electron chi connectivity index (χ4n) is 3.09. The molecular formula is C24H24ClN3O4. The summed E-state index contributed by atoms with van der Waals surface area (Å²) in [7, 11) is 0. The number of nitrogens with one attached hydrogen (secondary N) is 2. The van der Waals surface area contributed by atoms with Gasteiger partial charge in [0.05, 0.1) is 6.10 Å². The average molecular weight is 454 g/mol. The molecule has 0 bridgehead atoms. The van der Waals surface area contributed by atoms with Crippen molar-refractivity contribution in [2.45, 2.75) is 25.5 Å². The summed E-state index contributed by atoms with van der Waals surface area (Å²) in [5, 5.41) is 15.5. The number of rotatable bonds is 9. The fraction of sp³-hybridized carbons (Fsp3) is 0.292. The lowest BCUT2D eigenvalue weighted by Gasteiger charge is -2.11. The average Bonchev–Trinajstić information content (AvgIpc) is 3.34. The molecule has 0 spiro atoms. The molecule has 1 fully saturated rings. The first-order valence-electron chi connectivity index (χ1n) is 10.3. The van der Waals surface area contributed by atoms with Crippen LogP contribution in [0.2, 0.25) is 5.02 Å². The number of amides is 2. The van der Waals surface area contributed by atoms with E-state index in [4.69, 9.17) is 21.1 Å². The van der Waals surface area contributed by atoms with Crippen LogP contribution < -0.4 is 15.4 Å². The van der Waals surface area contributed by atoms with E-state index in [1.807, 2.05) is 6.07 Å². The third-order valence-electron chi connectivity index (χ3n) is 4.84. The van der Waals surface area contributed by atoms with Crippen molar-refractivity contribution in [2.24, 2.45) is 0 Å². The summed E-state index contributed by atoms with van der Waals surface area (Å²) in [6.07, 6.45) is 3.56. The van der Waals surface area contributed by atoms with Crippen molar-refractivity contribution in [3.8, 4) is 11.8 Å². The first-order valence-corrected chi connectivity index (χ1v) is 10.7. The Balaban J connectivity index is 1.47. The molecule has 166 valence electrons. The van der Waals surface area contributed by atoms with E-state index in [1.54, 1.807) is 48.5 Å². The van der Waals surface area contributed by atoms with Crippen molar-refractivity contribution in [2.75, 3.05) is 19.8 Å². The first-order chi connectivity index (χ1) is 15.5. The van der Waals surface area contributed by atoms with Crippen molar-refractivity contribution in [1.29, 1.82) is 5.26 Å². The van der Waals surface area contributed by atoms with E-state index < -0.39 is 5.91 Å². The third kappa shape index (κ3) is 7.41. The summed E-state index contributed by atoms with van der Waals surface area (Å²) in [6.45, 7) is 1.42. The largest absolute Gasteiger partial charge is 0.484 e. The van der Waals surface area contributed by atoms with Gasteiger partial charge in [-0.25, -0.2) is 0 Å². The van der Waals surface area contributed by atoms with Crippen LogP contribution in [-0.2, 0) is 20.9 Å². The van der Waals surface area contributed by atoms with Crippen molar-refractivity contribution < 1.29 is 19.1 Å². The Kier molecular flexibility index (Phi) is 8.67. The minimum Gasteiger partial charge on any atom is -0.484 e. The van der Waals surface area contributed by atoms with Crippen LogP contribution in [-0.4, -0.2) is 37.7 Å². The lowest BCUT2D eigenvalue weighted by molar-refractivity contribution is -0.123. The number of nitrogens with zero attached hydrogens (tertiary/aromatic N) is 1. The zero-order valence-corrected chi connectivity index (χ0v) is 18.2. The fourth-order valence-corrected chi connectivity index (χ4v) is 3.21. The second kappa shape index (κ2) is 11.9. The van der Waals surface area contributed by atoms with Crippen molar-refractivity contribution in [3.63, 3.8) is 0 Å². The lowest BCUT2D eigenvalue weighted by Crippen LogP contribution is -2.35. The van der Waals surface area contributed by atoms with Gasteiger partial charge in [-0.05, 0) is 54.3 Å². The number of halogens is 1. The van der Waals surface area contributed by atoms with Crippen LogP contribution in [0.5, 0.6) is 5.75 Å². The zero-order chi connectivity index (χ0) is 22.8. The Morgan fingerprint density at radius 2 is 1.91 bits per heavy atom. The minimum atomic E-state index is -0.467. The van der Waals surface area contributed by atoms with Gasteiger partial charge < -0.3 is 20.1 Å². The summed E-state index contributed by atoms with van der Waals surface area (Å²) in [5.41, 5.74) is 1.53. The summed E-state index contributed by atoms with van der Waals surface area (Å²) in [4.78, 5) is 24.2. The van der Waals surface area contributed by atoms with Gasteiger partial charge in [-0.2, -0.15) is 5.26 Å². The Hall–Kier alpha value is -3.34. The number of benzene rings is 2. The molecule has 1 aliphatic heterocycles. The van der Waals surface area contributed by atoms with Crippen LogP contribution in [0.3, 0.4) is 0 Å². The van der Waals surface area contributed by atoms with E-state index in [0.29, 0.717) is 22.9 Å². The molecule has 2 aromatic carbocycles. The number of carbonyl (C=O) groups excluding carboxylic acids is 2. The molecule has 7 nitrogen and oxygen atoms in total. The molecule has 1 aliphatic rings. The predicted octanol–water partition coefficient (Wildman–Crippen LogP) is 3.24. The summed E-state index contributed by atoms with van der Waals surface area (Å²) in [6, 6.07) is 15.8. The van der Waals surface area contributed by atoms with Crippen molar-refractivity contribution >= 4 is 29.5 Å². The number of ether oxygens (including phenoxy) is 2. The molecule has 0 unspecified atom stereocenters. The molecule has 1 saturated heterocycles. The third-order valence-corrected chi connectivity index (χ3v) is 5.10. The van der Waals surface area contributed by atoms with Gasteiger partial charge in [0.25, 0.3) is 11.8 Å². The van der Waals surface area contributed by atoms with E-state index in [-0.39, 0.29) is 30.7 Å². The van der Waals surface area contributed by atoms with Crippen LogP contribution in [0.15, 0.2) is 54.1 Å². The molecule has 0 aliphatic carbocycles. The molecule has 2 aromatic rings. The van der Waals surface area contributed by atoms with Gasteiger partial charge >= 0.3 is 0 Å². The Bertz CT molecular complexity index is 991. The zero-order valence-electron chi connectivity index (χ0n) is 17.5. The predicted molar refractivity (Wildman–Crippen MR) is 121 cm³/mol. The van der Waals surface area contributed by atoms with E-state index in [0.717, 1.165) is 25.0 Å². The Morgan fingerprint density at radius 3 is 2.56 bits per heavy atom. The van der Waals surface area contributed by atoms with Gasteiger partial charge in [-0.3, -0.25) is 9.59 Å². The monoisotopic (exact) mass is 453 g/mol. The van der Waals surface area contributed by atoms with Crippen LogP contribution >= 0.6 is 11.6 Å². The van der Waals surface area contributed by atoms with Crippen molar-refractivity contribution in [3.05, 3.63) is 70.3 Å². The molecule has 1 atom stereocenters. The van der Waals surface area contributed by atoms with Crippen LogP contribution in [0.4, 0.5) is 0 Å². The highest BCUT2D eigenvalue weighted by Crippen LogP contribution is 2.15. The SMILES string of the molecule is N#C/C(=C\c1ccc(OCC(=O)NC[C@H]2CCCO2)cc1)C(=O)NCc1ccc(Cl)cc1. The maximum absolute atomic E-state index is 12.3. The maximum Gasteiger partial charge on any atom is 0.262 e. The topological polar surface area (TPSA) is 100 Å². The van der Waals surface area contributed by atoms with Gasteiger partial charge in [0.1, 0.15) is 17.4 Å². The lowest BCUT2D eigenvalue weighted by atomic mass is 10.1. The second-order valence-electron chi connectivity index (χ2n) is 7.28. The normalized spacial score (nSPS) is 15.6. The quantitative estimate of drug-likeness (QED) is 0.448. The highest BCUT2D eigenvalue weighted by atomic mass is 35.5. The van der Waals surface area contributed by atoms with E-state index in [1.165, 1.54) is 6.08 Å². The summed E-state index contributed by atoms with van der Waals surface area (Å²) in [5.74, 6) is -0.167. The molecule has 32 heavy (non-hydrogen) atoms. The molecule has 2 N–H and O–H groups in total. The number of nitriles is 1. The van der Waals surface area contributed by atoms with Crippen LogP contribution in [0.1, 0.15) is 24.0 Å². The molecule has 1 heterocycles. The standard InChI is InChI=1S/C24H24ClN3O4/c25-20-7-3-18(4-8-20)14-28-24(30)19(13-26)12-17-5-9-21(10-6-17)32-16-23(29)27-15-22-2-1-11-31-22/h3-10,12,22H,1-2,11,14-16H2,(H,27,29)(H,28,30)/b19-12+/t22-/m1/s1. The van der Waals surface area contributed by atoms with Gasteiger partial charge in [0, 0.05) is 24.7 Å². The van der Waals surface area contributed by atoms with Crippen LogP contribution in [0, 0.1) is 11.3 Å². The minimum absolute atomic E-state index is 0.0128. The molecule has 0 aromatic heterocycles. The Morgan fingerprint density at radius 1 is 1.16 bits per heavy atom. The smallest absolute Gasteiger partial charge is 0.262 e. The summed E-state index contributed by atoms with van der Waals surface area (Å²) < 4.78 is 10.9. The van der Waals surface area contributed by atoms with Gasteiger partial charge in [0.2, 0.25) is 0 Å². The first kappa shape index (κ1) is 23.3. The molecule has 0 radical (unpaired) electrons. The molecule has 8 heteroatoms. The molecule has 2 amide bonds. The second-order valence-corrected chi connectivity index (χ2v) is 7.71. The van der Waals surface area contributed by atoms with Crippen LogP contribution in [0.25, 0.3) is 6.08 Å². The van der Waals surface area contributed by atoms with E-state index in [2.05, 4.69) is 10.6 Å². The van der Waals surface area contributed by atoms with Gasteiger partial charge in [-0.1, -0.05) is 35.9 Å².